The Hall–Kier alpha value is -2.90. The summed E-state index contributed by atoms with van der Waals surface area (Å²) in [6.07, 6.45) is 4.88. The quantitative estimate of drug-likeness (QED) is 0.686. The molecule has 24 heavy (non-hydrogen) atoms. The molecule has 0 atom stereocenters. The van der Waals surface area contributed by atoms with Crippen molar-refractivity contribution in [1.29, 1.82) is 0 Å². The molecule has 1 saturated heterocycles. The van der Waals surface area contributed by atoms with Crippen LogP contribution in [0.4, 0.5) is 16.2 Å². The first-order chi connectivity index (χ1) is 11.8. The van der Waals surface area contributed by atoms with Crippen LogP contribution in [0.1, 0.15) is 18.4 Å². The first-order valence-electron chi connectivity index (χ1n) is 7.76. The van der Waals surface area contributed by atoms with Gasteiger partial charge < -0.3 is 14.4 Å². The number of hydrogen-bond acceptors (Lipinski definition) is 7. The van der Waals surface area contributed by atoms with E-state index in [-0.39, 0.29) is 12.7 Å². The average molecular weight is 329 g/mol. The van der Waals surface area contributed by atoms with Crippen LogP contribution in [0.15, 0.2) is 29.5 Å². The zero-order valence-electron chi connectivity index (χ0n) is 12.9. The molecule has 0 unspecified atom stereocenters. The van der Waals surface area contributed by atoms with Crippen LogP contribution in [0.3, 0.4) is 0 Å². The van der Waals surface area contributed by atoms with Gasteiger partial charge in [-0.25, -0.2) is 14.8 Å². The van der Waals surface area contributed by atoms with Crippen LogP contribution in [0.2, 0.25) is 0 Å². The molecule has 0 saturated carbocycles. The van der Waals surface area contributed by atoms with Gasteiger partial charge in [0.05, 0.1) is 12.4 Å². The van der Waals surface area contributed by atoms with Gasteiger partial charge in [-0.2, -0.15) is 10.1 Å². The second kappa shape index (κ2) is 6.31. The van der Waals surface area contributed by atoms with E-state index >= 15 is 0 Å². The summed E-state index contributed by atoms with van der Waals surface area (Å²) in [6.45, 7) is 1.86. The normalized spacial score (nSPS) is 16.1. The molecule has 2 aromatic rings. The SMILES string of the molecule is Fc1cnc(NN=Cc2ccc3c(c2)OCO3)nc1N1CCCC1. The standard InChI is InChI=1S/C16H16FN5O2/c17-12-9-18-16(20-15(12)22-5-1-2-6-22)21-19-8-11-3-4-13-14(7-11)24-10-23-13/h3-4,7-9H,1-2,5-6,10H2,(H,18,20,21). The van der Waals surface area contributed by atoms with E-state index in [0.717, 1.165) is 37.2 Å². The lowest BCUT2D eigenvalue weighted by Gasteiger charge is -2.16. The van der Waals surface area contributed by atoms with E-state index in [0.29, 0.717) is 11.6 Å². The highest BCUT2D eigenvalue weighted by atomic mass is 19.1. The fourth-order valence-electron chi connectivity index (χ4n) is 2.72. The predicted octanol–water partition coefficient (Wildman–Crippen LogP) is 2.39. The molecule has 0 amide bonds. The molecule has 7 nitrogen and oxygen atoms in total. The molecule has 2 aliphatic heterocycles. The van der Waals surface area contributed by atoms with Gasteiger partial charge in [-0.1, -0.05) is 0 Å². The molecule has 4 rings (SSSR count). The number of halogens is 1. The lowest BCUT2D eigenvalue weighted by atomic mass is 10.2. The van der Waals surface area contributed by atoms with Crippen molar-refractivity contribution in [1.82, 2.24) is 9.97 Å². The second-order valence-corrected chi connectivity index (χ2v) is 5.54. The highest BCUT2D eigenvalue weighted by Gasteiger charge is 2.18. The van der Waals surface area contributed by atoms with Crippen molar-refractivity contribution in [2.75, 3.05) is 30.2 Å². The minimum absolute atomic E-state index is 0.233. The van der Waals surface area contributed by atoms with Crippen LogP contribution in [-0.2, 0) is 0 Å². The third-order valence-electron chi connectivity index (χ3n) is 3.91. The molecule has 1 aromatic carbocycles. The Labute approximate surface area is 138 Å². The smallest absolute Gasteiger partial charge is 0.245 e. The van der Waals surface area contributed by atoms with Crippen LogP contribution < -0.4 is 19.8 Å². The van der Waals surface area contributed by atoms with E-state index < -0.39 is 5.82 Å². The van der Waals surface area contributed by atoms with Gasteiger partial charge in [-0.15, -0.1) is 0 Å². The maximum Gasteiger partial charge on any atom is 0.245 e. The van der Waals surface area contributed by atoms with Crippen LogP contribution in [0, 0.1) is 5.82 Å². The summed E-state index contributed by atoms with van der Waals surface area (Å²) in [4.78, 5) is 10.1. The van der Waals surface area contributed by atoms with Crippen molar-refractivity contribution in [3.63, 3.8) is 0 Å². The van der Waals surface area contributed by atoms with Crippen molar-refractivity contribution in [2.45, 2.75) is 12.8 Å². The van der Waals surface area contributed by atoms with Crippen molar-refractivity contribution in [2.24, 2.45) is 5.10 Å². The summed E-state index contributed by atoms with van der Waals surface area (Å²) < 4.78 is 24.4. The molecule has 1 aromatic heterocycles. The predicted molar refractivity (Wildman–Crippen MR) is 87.2 cm³/mol. The largest absolute Gasteiger partial charge is 0.454 e. The Morgan fingerprint density at radius 2 is 2.04 bits per heavy atom. The van der Waals surface area contributed by atoms with Crippen molar-refractivity contribution in [3.8, 4) is 11.5 Å². The minimum Gasteiger partial charge on any atom is -0.454 e. The Morgan fingerprint density at radius 3 is 2.92 bits per heavy atom. The van der Waals surface area contributed by atoms with Gasteiger partial charge in [0.25, 0.3) is 0 Å². The zero-order valence-corrected chi connectivity index (χ0v) is 12.9. The molecule has 0 radical (unpaired) electrons. The topological polar surface area (TPSA) is 71.9 Å². The lowest BCUT2D eigenvalue weighted by molar-refractivity contribution is 0.174. The van der Waals surface area contributed by atoms with E-state index in [4.69, 9.17) is 9.47 Å². The van der Waals surface area contributed by atoms with Crippen LogP contribution in [0.5, 0.6) is 11.5 Å². The first kappa shape index (κ1) is 14.7. The number of aromatic nitrogens is 2. The summed E-state index contributed by atoms with van der Waals surface area (Å²) in [7, 11) is 0. The highest BCUT2D eigenvalue weighted by molar-refractivity contribution is 5.81. The van der Waals surface area contributed by atoms with E-state index in [9.17, 15) is 4.39 Å². The number of nitrogens with zero attached hydrogens (tertiary/aromatic N) is 4. The van der Waals surface area contributed by atoms with Gasteiger partial charge >= 0.3 is 0 Å². The molecule has 3 heterocycles. The molecule has 0 bridgehead atoms. The molecule has 8 heteroatoms. The molecule has 0 aliphatic carbocycles. The number of ether oxygens (including phenoxy) is 2. The van der Waals surface area contributed by atoms with Gasteiger partial charge in [0.1, 0.15) is 0 Å². The molecule has 1 fully saturated rings. The third-order valence-corrected chi connectivity index (χ3v) is 3.91. The maximum absolute atomic E-state index is 13.9. The van der Waals surface area contributed by atoms with Crippen molar-refractivity contribution in [3.05, 3.63) is 35.8 Å². The zero-order chi connectivity index (χ0) is 16.4. The molecular formula is C16H16FN5O2. The van der Waals surface area contributed by atoms with E-state index in [1.165, 1.54) is 6.20 Å². The van der Waals surface area contributed by atoms with Crippen molar-refractivity contribution < 1.29 is 13.9 Å². The third kappa shape index (κ3) is 2.94. The fourth-order valence-corrected chi connectivity index (χ4v) is 2.72. The average Bonchev–Trinajstić information content (AvgIpc) is 3.27. The number of benzene rings is 1. The Bertz CT molecular complexity index is 777. The van der Waals surface area contributed by atoms with Gasteiger partial charge in [-0.3, -0.25) is 0 Å². The summed E-state index contributed by atoms with van der Waals surface area (Å²) in [6, 6.07) is 5.51. The monoisotopic (exact) mass is 329 g/mol. The van der Waals surface area contributed by atoms with E-state index in [1.807, 2.05) is 23.1 Å². The Morgan fingerprint density at radius 1 is 1.21 bits per heavy atom. The Kier molecular flexibility index (Phi) is 3.86. The molecule has 1 N–H and O–H groups in total. The van der Waals surface area contributed by atoms with Crippen LogP contribution >= 0.6 is 0 Å². The maximum atomic E-state index is 13.9. The molecular weight excluding hydrogens is 313 g/mol. The van der Waals surface area contributed by atoms with Gasteiger partial charge in [0.2, 0.25) is 12.7 Å². The number of nitrogens with one attached hydrogen (secondary N) is 1. The summed E-state index contributed by atoms with van der Waals surface area (Å²) >= 11 is 0. The van der Waals surface area contributed by atoms with Crippen molar-refractivity contribution >= 4 is 18.0 Å². The number of hydrogen-bond donors (Lipinski definition) is 1. The van der Waals surface area contributed by atoms with Crippen LogP contribution in [0.25, 0.3) is 0 Å². The van der Waals surface area contributed by atoms with Gasteiger partial charge in [0.15, 0.2) is 23.1 Å². The number of anilines is 2. The van der Waals surface area contributed by atoms with Gasteiger partial charge in [-0.05, 0) is 36.6 Å². The fraction of sp³-hybridized carbons (Fsp3) is 0.312. The summed E-state index contributed by atoms with van der Waals surface area (Å²) in [5.74, 6) is 1.58. The number of fused-ring (bicyclic) bond motifs is 1. The lowest BCUT2D eigenvalue weighted by Crippen LogP contribution is -2.21. The van der Waals surface area contributed by atoms with Gasteiger partial charge in [0, 0.05) is 13.1 Å². The number of rotatable bonds is 4. The molecule has 2 aliphatic rings. The Balaban J connectivity index is 1.46. The van der Waals surface area contributed by atoms with Crippen LogP contribution in [-0.4, -0.2) is 36.1 Å². The molecule has 124 valence electrons. The summed E-state index contributed by atoms with van der Waals surface area (Å²) in [5.41, 5.74) is 3.58. The summed E-state index contributed by atoms with van der Waals surface area (Å²) in [5, 5.41) is 4.10. The number of hydrazone groups is 1. The van der Waals surface area contributed by atoms with E-state index in [2.05, 4.69) is 20.5 Å². The van der Waals surface area contributed by atoms with E-state index in [1.54, 1.807) is 6.21 Å². The molecule has 0 spiro atoms. The second-order valence-electron chi connectivity index (χ2n) is 5.54. The highest BCUT2D eigenvalue weighted by Crippen LogP contribution is 2.32. The first-order valence-corrected chi connectivity index (χ1v) is 7.76. The minimum atomic E-state index is -0.415.